The van der Waals surface area contributed by atoms with Crippen LogP contribution in [0.1, 0.15) is 37.2 Å². The summed E-state index contributed by atoms with van der Waals surface area (Å²) in [6.45, 7) is 4.14. The molecule has 0 saturated carbocycles. The Labute approximate surface area is 123 Å². The molecule has 3 nitrogen and oxygen atoms in total. The zero-order valence-electron chi connectivity index (χ0n) is 11.9. The van der Waals surface area contributed by atoms with E-state index in [4.69, 9.17) is 11.6 Å². The van der Waals surface area contributed by atoms with Gasteiger partial charge in [0.05, 0.1) is 5.69 Å². The van der Waals surface area contributed by atoms with E-state index in [2.05, 4.69) is 24.3 Å². The summed E-state index contributed by atoms with van der Waals surface area (Å²) in [6.07, 6.45) is 2.56. The highest BCUT2D eigenvalue weighted by Gasteiger charge is 2.16. The molecule has 0 saturated heterocycles. The predicted molar refractivity (Wildman–Crippen MR) is 79.5 cm³/mol. The molecule has 0 aliphatic rings. The third-order valence-corrected chi connectivity index (χ3v) is 3.52. The Bertz CT molecular complexity index is 580. The molecule has 20 heavy (non-hydrogen) atoms. The fraction of sp³-hybridized carbons (Fsp3) is 0.400. The van der Waals surface area contributed by atoms with Crippen LogP contribution >= 0.6 is 11.6 Å². The van der Waals surface area contributed by atoms with Gasteiger partial charge in [0.2, 0.25) is 0 Å². The molecule has 1 unspecified atom stereocenters. The zero-order valence-corrected chi connectivity index (χ0v) is 12.7. The lowest BCUT2D eigenvalue weighted by Crippen LogP contribution is -2.20. The van der Waals surface area contributed by atoms with Crippen LogP contribution in [0.5, 0.6) is 0 Å². The van der Waals surface area contributed by atoms with Crippen molar-refractivity contribution in [1.29, 1.82) is 0 Å². The fourth-order valence-electron chi connectivity index (χ4n) is 2.13. The van der Waals surface area contributed by atoms with Crippen molar-refractivity contribution in [3.63, 3.8) is 0 Å². The van der Waals surface area contributed by atoms with E-state index >= 15 is 0 Å². The number of halogens is 2. The normalized spacial score (nSPS) is 12.9. The lowest BCUT2D eigenvalue weighted by molar-refractivity contribution is 0.504. The summed E-state index contributed by atoms with van der Waals surface area (Å²) in [6, 6.07) is 6.75. The van der Waals surface area contributed by atoms with Crippen LogP contribution < -0.4 is 5.32 Å². The molecule has 1 aromatic heterocycles. The highest BCUT2D eigenvalue weighted by molar-refractivity contribution is 6.30. The van der Waals surface area contributed by atoms with E-state index in [0.29, 0.717) is 23.0 Å². The van der Waals surface area contributed by atoms with E-state index in [9.17, 15) is 4.39 Å². The molecule has 0 aliphatic carbocycles. The van der Waals surface area contributed by atoms with Gasteiger partial charge in [0.1, 0.15) is 5.82 Å². The van der Waals surface area contributed by atoms with Crippen molar-refractivity contribution in [1.82, 2.24) is 15.1 Å². The van der Waals surface area contributed by atoms with E-state index in [-0.39, 0.29) is 11.9 Å². The highest BCUT2D eigenvalue weighted by Crippen LogP contribution is 2.24. The number of nitrogens with zero attached hydrogens (tertiary/aromatic N) is 2. The fourth-order valence-corrected chi connectivity index (χ4v) is 2.31. The molecule has 5 heteroatoms. The molecule has 1 aromatic carbocycles. The first-order chi connectivity index (χ1) is 9.51. The van der Waals surface area contributed by atoms with Crippen LogP contribution in [0.4, 0.5) is 4.39 Å². The molecule has 2 rings (SSSR count). The summed E-state index contributed by atoms with van der Waals surface area (Å²) < 4.78 is 15.8. The van der Waals surface area contributed by atoms with Crippen molar-refractivity contribution in [2.75, 3.05) is 7.05 Å². The van der Waals surface area contributed by atoms with Crippen molar-refractivity contribution < 1.29 is 4.39 Å². The summed E-state index contributed by atoms with van der Waals surface area (Å²) in [5, 5.41) is 8.16. The van der Waals surface area contributed by atoms with Gasteiger partial charge in [0, 0.05) is 35.3 Å². The Morgan fingerprint density at radius 1 is 1.35 bits per heavy atom. The third kappa shape index (κ3) is 3.38. The van der Waals surface area contributed by atoms with Gasteiger partial charge in [0.25, 0.3) is 0 Å². The summed E-state index contributed by atoms with van der Waals surface area (Å²) >= 11 is 5.95. The van der Waals surface area contributed by atoms with Crippen LogP contribution in [0.3, 0.4) is 0 Å². The number of aromatic nitrogens is 2. The summed E-state index contributed by atoms with van der Waals surface area (Å²) in [5.74, 6) is -0.253. The van der Waals surface area contributed by atoms with Gasteiger partial charge in [0.15, 0.2) is 0 Å². The first-order valence-corrected chi connectivity index (χ1v) is 7.05. The average molecular weight is 296 g/mol. The molecule has 1 atom stereocenters. The van der Waals surface area contributed by atoms with Gasteiger partial charge in [-0.3, -0.25) is 4.68 Å². The molecule has 1 heterocycles. The summed E-state index contributed by atoms with van der Waals surface area (Å²) in [5.41, 5.74) is 1.50. The van der Waals surface area contributed by atoms with Crippen LogP contribution in [0, 0.1) is 5.82 Å². The topological polar surface area (TPSA) is 29.9 Å². The van der Waals surface area contributed by atoms with E-state index in [1.165, 1.54) is 6.07 Å². The van der Waals surface area contributed by atoms with E-state index < -0.39 is 0 Å². The number of rotatable bonds is 5. The first kappa shape index (κ1) is 15.0. The Balaban J connectivity index is 2.21. The molecule has 1 N–H and O–H groups in total. The minimum atomic E-state index is -0.253. The van der Waals surface area contributed by atoms with Crippen LogP contribution in [0.2, 0.25) is 5.02 Å². The number of nitrogens with one attached hydrogen (secondary N) is 1. The molecular formula is C15H19ClFN3. The zero-order chi connectivity index (χ0) is 14.7. The van der Waals surface area contributed by atoms with E-state index in [1.54, 1.807) is 12.1 Å². The number of hydrogen-bond acceptors (Lipinski definition) is 2. The minimum Gasteiger partial charge on any atom is -0.313 e. The molecular weight excluding hydrogens is 277 g/mol. The Morgan fingerprint density at radius 2 is 2.10 bits per heavy atom. The Kier molecular flexibility index (Phi) is 4.78. The maximum absolute atomic E-state index is 13.9. The molecule has 0 aliphatic heterocycles. The van der Waals surface area contributed by atoms with E-state index in [0.717, 1.165) is 5.69 Å². The van der Waals surface area contributed by atoms with Crippen LogP contribution in [0.15, 0.2) is 30.5 Å². The third-order valence-electron chi connectivity index (χ3n) is 3.29. The standard InChI is InChI=1S/C15H19ClFN3/c1-10(2)20-7-6-12(19-20)9-15(18-3)13-8-11(16)4-5-14(13)17/h4-8,10,15,18H,9H2,1-3H3. The lowest BCUT2D eigenvalue weighted by atomic mass is 10.0. The largest absolute Gasteiger partial charge is 0.313 e. The maximum Gasteiger partial charge on any atom is 0.128 e. The second-order valence-electron chi connectivity index (χ2n) is 5.09. The number of hydrogen-bond donors (Lipinski definition) is 1. The Hall–Kier alpha value is -1.39. The van der Waals surface area contributed by atoms with Gasteiger partial charge in [-0.25, -0.2) is 4.39 Å². The SMILES string of the molecule is CNC(Cc1ccn(C(C)C)n1)c1cc(Cl)ccc1F. The summed E-state index contributed by atoms with van der Waals surface area (Å²) in [4.78, 5) is 0. The van der Waals surface area contributed by atoms with Crippen molar-refractivity contribution in [2.45, 2.75) is 32.4 Å². The van der Waals surface area contributed by atoms with Gasteiger partial charge < -0.3 is 5.32 Å². The summed E-state index contributed by atoms with van der Waals surface area (Å²) in [7, 11) is 1.81. The van der Waals surface area contributed by atoms with Crippen LogP contribution in [-0.4, -0.2) is 16.8 Å². The van der Waals surface area contributed by atoms with Crippen molar-refractivity contribution in [3.05, 3.63) is 52.6 Å². The second kappa shape index (κ2) is 6.37. The molecule has 2 aromatic rings. The molecule has 0 fully saturated rings. The van der Waals surface area contributed by atoms with Gasteiger partial charge >= 0.3 is 0 Å². The molecule has 0 radical (unpaired) electrons. The van der Waals surface area contributed by atoms with Gasteiger partial charge in [-0.1, -0.05) is 11.6 Å². The van der Waals surface area contributed by atoms with Crippen LogP contribution in [0.25, 0.3) is 0 Å². The monoisotopic (exact) mass is 295 g/mol. The first-order valence-electron chi connectivity index (χ1n) is 6.67. The van der Waals surface area contributed by atoms with Crippen molar-refractivity contribution in [2.24, 2.45) is 0 Å². The molecule has 0 bridgehead atoms. The highest BCUT2D eigenvalue weighted by atomic mass is 35.5. The lowest BCUT2D eigenvalue weighted by Gasteiger charge is -2.16. The maximum atomic E-state index is 13.9. The average Bonchev–Trinajstić information content (AvgIpc) is 2.88. The predicted octanol–water partition coefficient (Wildman–Crippen LogP) is 3.76. The van der Waals surface area contributed by atoms with Gasteiger partial charge in [-0.2, -0.15) is 5.10 Å². The molecule has 0 spiro atoms. The second-order valence-corrected chi connectivity index (χ2v) is 5.53. The number of benzene rings is 1. The smallest absolute Gasteiger partial charge is 0.128 e. The quantitative estimate of drug-likeness (QED) is 0.910. The minimum absolute atomic E-state index is 0.149. The van der Waals surface area contributed by atoms with Crippen molar-refractivity contribution in [3.8, 4) is 0 Å². The van der Waals surface area contributed by atoms with Gasteiger partial charge in [-0.15, -0.1) is 0 Å². The molecule has 0 amide bonds. The van der Waals surface area contributed by atoms with E-state index in [1.807, 2.05) is 24.0 Å². The van der Waals surface area contributed by atoms with Gasteiger partial charge in [-0.05, 0) is 45.2 Å². The van der Waals surface area contributed by atoms with Crippen LogP contribution in [-0.2, 0) is 6.42 Å². The number of likely N-dealkylation sites (N-methyl/N-ethyl adjacent to an activating group) is 1. The Morgan fingerprint density at radius 3 is 2.70 bits per heavy atom. The van der Waals surface area contributed by atoms with Crippen molar-refractivity contribution >= 4 is 11.6 Å². The molecule has 108 valence electrons.